The Morgan fingerprint density at radius 1 is 1.30 bits per heavy atom. The van der Waals surface area contributed by atoms with Gasteiger partial charge in [0.2, 0.25) is 11.8 Å². The number of ether oxygens (including phenoxy) is 1. The zero-order valence-electron chi connectivity index (χ0n) is 15.1. The van der Waals surface area contributed by atoms with Gasteiger partial charge in [-0.3, -0.25) is 4.79 Å². The number of carbonyl (C=O) groups is 1. The van der Waals surface area contributed by atoms with Crippen molar-refractivity contribution >= 4 is 29.9 Å². The fourth-order valence-electron chi connectivity index (χ4n) is 2.99. The third-order valence-corrected chi connectivity index (χ3v) is 4.72. The first-order valence-electron chi connectivity index (χ1n) is 8.95. The number of piperidine rings is 1. The number of hydrogen-bond acceptors (Lipinski definition) is 5. The summed E-state index contributed by atoms with van der Waals surface area (Å²) in [5.74, 6) is 0.567. The van der Waals surface area contributed by atoms with Crippen molar-refractivity contribution in [1.29, 1.82) is 0 Å². The number of rotatable bonds is 7. The summed E-state index contributed by atoms with van der Waals surface area (Å²) in [5, 5.41) is 0.658. The lowest BCUT2D eigenvalue weighted by molar-refractivity contribution is -0.133. The number of benzene rings is 1. The Morgan fingerprint density at radius 2 is 2.00 bits per heavy atom. The van der Waals surface area contributed by atoms with Crippen molar-refractivity contribution in [3.8, 4) is 11.5 Å². The van der Waals surface area contributed by atoms with E-state index in [9.17, 15) is 4.79 Å². The van der Waals surface area contributed by atoms with Gasteiger partial charge in [0.05, 0.1) is 18.2 Å². The van der Waals surface area contributed by atoms with Crippen molar-refractivity contribution in [2.75, 3.05) is 26.2 Å². The largest absolute Gasteiger partial charge is 0.444 e. The summed E-state index contributed by atoms with van der Waals surface area (Å²) in [7, 11) is 0. The fourth-order valence-corrected chi connectivity index (χ4v) is 3.11. The van der Waals surface area contributed by atoms with E-state index in [0.717, 1.165) is 24.8 Å². The highest BCUT2D eigenvalue weighted by atomic mass is 35.5. The van der Waals surface area contributed by atoms with Gasteiger partial charge in [0.25, 0.3) is 0 Å². The van der Waals surface area contributed by atoms with E-state index < -0.39 is 0 Å². The van der Waals surface area contributed by atoms with Crippen LogP contribution in [-0.2, 0) is 16.0 Å². The van der Waals surface area contributed by atoms with Crippen molar-refractivity contribution in [2.45, 2.75) is 31.8 Å². The molecule has 0 spiro atoms. The molecule has 0 aliphatic carbocycles. The lowest BCUT2D eigenvalue weighted by Crippen LogP contribution is -2.41. The van der Waals surface area contributed by atoms with Crippen LogP contribution in [0, 0.1) is 0 Å². The molecule has 1 aliphatic heterocycles. The predicted molar refractivity (Wildman–Crippen MR) is 107 cm³/mol. The molecule has 0 atom stereocenters. The Labute approximate surface area is 170 Å². The highest BCUT2D eigenvalue weighted by molar-refractivity contribution is 6.30. The van der Waals surface area contributed by atoms with Crippen molar-refractivity contribution in [3.05, 3.63) is 41.2 Å². The minimum Gasteiger partial charge on any atom is -0.444 e. The first-order valence-corrected chi connectivity index (χ1v) is 9.33. The minimum atomic E-state index is 0. The van der Waals surface area contributed by atoms with E-state index in [1.54, 1.807) is 18.4 Å². The van der Waals surface area contributed by atoms with Crippen molar-refractivity contribution < 1.29 is 13.9 Å². The molecule has 148 valence electrons. The van der Waals surface area contributed by atoms with Gasteiger partial charge in [-0.15, -0.1) is 12.4 Å². The standard InChI is InChI=1S/C19H24ClN3O3.ClH/c20-15-4-2-14(3-5-15)19-22-16(13-26-19)12-18(24)23-9-6-17(7-10-23)25-11-1-8-21;/h2-5,13,17H,1,6-12,21H2;1H. The van der Waals surface area contributed by atoms with Gasteiger partial charge in [-0.2, -0.15) is 0 Å². The summed E-state index contributed by atoms with van der Waals surface area (Å²) >= 11 is 5.89. The molecule has 1 aromatic carbocycles. The number of amides is 1. The SMILES string of the molecule is Cl.NCCCOC1CCN(C(=O)Cc2coc(-c3ccc(Cl)cc3)n2)CC1. The highest BCUT2D eigenvalue weighted by Gasteiger charge is 2.24. The summed E-state index contributed by atoms with van der Waals surface area (Å²) in [4.78, 5) is 18.8. The number of nitrogens with two attached hydrogens (primary N) is 1. The molecule has 1 amide bonds. The number of hydrogen-bond donors (Lipinski definition) is 1. The summed E-state index contributed by atoms with van der Waals surface area (Å²) < 4.78 is 11.3. The number of halogens is 2. The van der Waals surface area contributed by atoms with Gasteiger partial charge in [-0.05, 0) is 50.1 Å². The number of likely N-dealkylation sites (tertiary alicyclic amines) is 1. The number of aromatic nitrogens is 1. The van der Waals surface area contributed by atoms with Gasteiger partial charge in [-0.25, -0.2) is 4.98 Å². The van der Waals surface area contributed by atoms with Gasteiger partial charge in [-0.1, -0.05) is 11.6 Å². The Hall–Kier alpha value is -1.60. The summed E-state index contributed by atoms with van der Waals surface area (Å²) in [5.41, 5.74) is 6.95. The summed E-state index contributed by atoms with van der Waals surface area (Å²) in [6.07, 6.45) is 4.63. The number of carbonyl (C=O) groups excluding carboxylic acids is 1. The molecule has 1 saturated heterocycles. The molecule has 1 aromatic heterocycles. The Morgan fingerprint density at radius 3 is 2.67 bits per heavy atom. The predicted octanol–water partition coefficient (Wildman–Crippen LogP) is 3.32. The first kappa shape index (κ1) is 21.7. The van der Waals surface area contributed by atoms with E-state index >= 15 is 0 Å². The second-order valence-electron chi connectivity index (χ2n) is 6.42. The van der Waals surface area contributed by atoms with E-state index in [4.69, 9.17) is 26.5 Å². The van der Waals surface area contributed by atoms with E-state index in [1.165, 1.54) is 0 Å². The quantitative estimate of drug-likeness (QED) is 0.703. The molecule has 1 fully saturated rings. The normalized spacial score (nSPS) is 14.8. The second-order valence-corrected chi connectivity index (χ2v) is 6.86. The molecule has 27 heavy (non-hydrogen) atoms. The van der Waals surface area contributed by atoms with Crippen LogP contribution in [-0.4, -0.2) is 48.1 Å². The van der Waals surface area contributed by atoms with Crippen molar-refractivity contribution in [2.24, 2.45) is 5.73 Å². The van der Waals surface area contributed by atoms with Crippen LogP contribution in [0.3, 0.4) is 0 Å². The van der Waals surface area contributed by atoms with E-state index in [2.05, 4.69) is 4.98 Å². The molecule has 0 saturated carbocycles. The third-order valence-electron chi connectivity index (χ3n) is 4.47. The maximum absolute atomic E-state index is 12.5. The Kier molecular flexibility index (Phi) is 8.57. The fraction of sp³-hybridized carbons (Fsp3) is 0.474. The van der Waals surface area contributed by atoms with E-state index in [-0.39, 0.29) is 30.8 Å². The number of nitrogens with zero attached hydrogens (tertiary/aromatic N) is 2. The molecule has 6 nitrogen and oxygen atoms in total. The van der Waals surface area contributed by atoms with Crippen LogP contribution >= 0.6 is 24.0 Å². The van der Waals surface area contributed by atoms with Gasteiger partial charge < -0.3 is 19.8 Å². The lowest BCUT2D eigenvalue weighted by Gasteiger charge is -2.31. The molecule has 2 N–H and O–H groups in total. The van der Waals surface area contributed by atoms with Crippen molar-refractivity contribution in [3.63, 3.8) is 0 Å². The molecule has 0 bridgehead atoms. The smallest absolute Gasteiger partial charge is 0.228 e. The molecule has 0 unspecified atom stereocenters. The van der Waals surface area contributed by atoms with E-state index in [0.29, 0.717) is 42.8 Å². The van der Waals surface area contributed by atoms with Crippen LogP contribution in [0.4, 0.5) is 0 Å². The van der Waals surface area contributed by atoms with Crippen LogP contribution in [0.2, 0.25) is 5.02 Å². The molecular formula is C19H25Cl2N3O3. The zero-order chi connectivity index (χ0) is 18.4. The molecule has 1 aliphatic rings. The second kappa shape index (κ2) is 10.7. The Bertz CT molecular complexity index is 713. The summed E-state index contributed by atoms with van der Waals surface area (Å²) in [6.45, 7) is 2.77. The molecular weight excluding hydrogens is 389 g/mol. The maximum atomic E-state index is 12.5. The maximum Gasteiger partial charge on any atom is 0.228 e. The molecule has 0 radical (unpaired) electrons. The monoisotopic (exact) mass is 413 g/mol. The van der Waals surface area contributed by atoms with Gasteiger partial charge >= 0.3 is 0 Å². The summed E-state index contributed by atoms with van der Waals surface area (Å²) in [6, 6.07) is 7.25. The molecule has 3 rings (SSSR count). The van der Waals surface area contributed by atoms with Crippen LogP contribution in [0.15, 0.2) is 34.9 Å². The average molecular weight is 414 g/mol. The Balaban J connectivity index is 0.00000261. The van der Waals surface area contributed by atoms with Crippen LogP contribution in [0.25, 0.3) is 11.5 Å². The zero-order valence-corrected chi connectivity index (χ0v) is 16.7. The number of oxazole rings is 1. The lowest BCUT2D eigenvalue weighted by atomic mass is 10.1. The minimum absolute atomic E-state index is 0. The van der Waals surface area contributed by atoms with E-state index in [1.807, 2.05) is 17.0 Å². The van der Waals surface area contributed by atoms with Gasteiger partial charge in [0.15, 0.2) is 0 Å². The average Bonchev–Trinajstić information content (AvgIpc) is 3.11. The molecule has 2 heterocycles. The molecule has 8 heteroatoms. The van der Waals surface area contributed by atoms with Gasteiger partial charge in [0, 0.05) is 30.3 Å². The van der Waals surface area contributed by atoms with Crippen LogP contribution < -0.4 is 5.73 Å². The highest BCUT2D eigenvalue weighted by Crippen LogP contribution is 2.21. The molecule has 2 aromatic rings. The van der Waals surface area contributed by atoms with Gasteiger partial charge in [0.1, 0.15) is 6.26 Å². The topological polar surface area (TPSA) is 81.6 Å². The first-order chi connectivity index (χ1) is 12.7. The third kappa shape index (κ3) is 6.21. The van der Waals surface area contributed by atoms with Crippen LogP contribution in [0.5, 0.6) is 0 Å². The van der Waals surface area contributed by atoms with Crippen molar-refractivity contribution in [1.82, 2.24) is 9.88 Å². The van der Waals surface area contributed by atoms with Crippen LogP contribution in [0.1, 0.15) is 25.0 Å².